The van der Waals surface area contributed by atoms with Crippen LogP contribution in [-0.4, -0.2) is 35.3 Å². The van der Waals surface area contributed by atoms with Gasteiger partial charge in [0, 0.05) is 6.04 Å². The third kappa shape index (κ3) is 6.10. The first-order valence-electron chi connectivity index (χ1n) is 9.04. The van der Waals surface area contributed by atoms with Crippen molar-refractivity contribution >= 4 is 24.2 Å². The number of amides is 2. The third-order valence-electron chi connectivity index (χ3n) is 4.78. The second kappa shape index (κ2) is 9.60. The van der Waals surface area contributed by atoms with Gasteiger partial charge >= 0.3 is 6.18 Å². The van der Waals surface area contributed by atoms with Gasteiger partial charge in [-0.2, -0.15) is 13.2 Å². The summed E-state index contributed by atoms with van der Waals surface area (Å²) in [6, 6.07) is 3.74. The molecule has 1 aliphatic carbocycles. The third-order valence-corrected chi connectivity index (χ3v) is 4.78. The minimum absolute atomic E-state index is 0. The SMILES string of the molecule is CC(C)[C@H](N)C(=O)NCC(=O)N(C1CC1)C(C)c1cccc(C(F)(F)F)c1.Cl. The van der Waals surface area contributed by atoms with Crippen LogP contribution in [-0.2, 0) is 15.8 Å². The molecule has 158 valence electrons. The van der Waals surface area contributed by atoms with Crippen molar-refractivity contribution in [2.24, 2.45) is 11.7 Å². The van der Waals surface area contributed by atoms with Crippen molar-refractivity contribution in [3.63, 3.8) is 0 Å². The Morgan fingerprint density at radius 1 is 1.25 bits per heavy atom. The predicted molar refractivity (Wildman–Crippen MR) is 103 cm³/mol. The summed E-state index contributed by atoms with van der Waals surface area (Å²) in [5, 5.41) is 2.53. The summed E-state index contributed by atoms with van der Waals surface area (Å²) in [5.41, 5.74) is 5.43. The molecule has 0 heterocycles. The molecule has 1 fully saturated rings. The number of benzene rings is 1. The van der Waals surface area contributed by atoms with E-state index in [9.17, 15) is 22.8 Å². The average Bonchev–Trinajstić information content (AvgIpc) is 3.43. The van der Waals surface area contributed by atoms with Crippen LogP contribution in [0.4, 0.5) is 13.2 Å². The first kappa shape index (κ1) is 24.2. The number of carbonyl (C=O) groups excluding carboxylic acids is 2. The molecule has 2 atom stereocenters. The Morgan fingerprint density at radius 2 is 1.86 bits per heavy atom. The van der Waals surface area contributed by atoms with Crippen LogP contribution >= 0.6 is 12.4 Å². The minimum atomic E-state index is -4.44. The molecule has 0 bridgehead atoms. The number of hydrogen-bond acceptors (Lipinski definition) is 3. The van der Waals surface area contributed by atoms with Gasteiger partial charge in [-0.1, -0.05) is 26.0 Å². The molecule has 1 aliphatic rings. The number of nitrogens with zero attached hydrogens (tertiary/aromatic N) is 1. The van der Waals surface area contributed by atoms with E-state index in [1.54, 1.807) is 31.7 Å². The normalized spacial score (nSPS) is 16.1. The highest BCUT2D eigenvalue weighted by atomic mass is 35.5. The highest BCUT2D eigenvalue weighted by Gasteiger charge is 2.37. The van der Waals surface area contributed by atoms with Crippen molar-refractivity contribution in [1.82, 2.24) is 10.2 Å². The smallest absolute Gasteiger partial charge is 0.346 e. The van der Waals surface area contributed by atoms with Gasteiger partial charge in [0.25, 0.3) is 0 Å². The molecule has 0 radical (unpaired) electrons. The minimum Gasteiger partial charge on any atom is -0.346 e. The largest absolute Gasteiger partial charge is 0.416 e. The molecule has 28 heavy (non-hydrogen) atoms. The lowest BCUT2D eigenvalue weighted by Gasteiger charge is -2.30. The second-order valence-corrected chi connectivity index (χ2v) is 7.32. The van der Waals surface area contributed by atoms with Gasteiger partial charge in [0.1, 0.15) is 0 Å². The predicted octanol–water partition coefficient (Wildman–Crippen LogP) is 3.28. The van der Waals surface area contributed by atoms with Gasteiger partial charge in [0.05, 0.1) is 24.2 Å². The molecule has 3 N–H and O–H groups in total. The first-order valence-corrected chi connectivity index (χ1v) is 9.04. The lowest BCUT2D eigenvalue weighted by Crippen LogP contribution is -2.48. The molecule has 2 amide bonds. The zero-order valence-electron chi connectivity index (χ0n) is 16.1. The highest BCUT2D eigenvalue weighted by Crippen LogP contribution is 2.36. The summed E-state index contributed by atoms with van der Waals surface area (Å²) >= 11 is 0. The van der Waals surface area contributed by atoms with E-state index in [1.165, 1.54) is 6.07 Å². The van der Waals surface area contributed by atoms with Crippen LogP contribution in [0.25, 0.3) is 0 Å². The molecule has 0 aromatic heterocycles. The molecule has 5 nitrogen and oxygen atoms in total. The average molecular weight is 422 g/mol. The molecule has 1 saturated carbocycles. The van der Waals surface area contributed by atoms with Crippen LogP contribution in [0.15, 0.2) is 24.3 Å². The van der Waals surface area contributed by atoms with E-state index in [2.05, 4.69) is 5.32 Å². The van der Waals surface area contributed by atoms with Crippen LogP contribution in [0.5, 0.6) is 0 Å². The van der Waals surface area contributed by atoms with Gasteiger partial charge in [-0.3, -0.25) is 9.59 Å². The lowest BCUT2D eigenvalue weighted by molar-refractivity contribution is -0.137. The van der Waals surface area contributed by atoms with Crippen LogP contribution in [0.2, 0.25) is 0 Å². The topological polar surface area (TPSA) is 75.4 Å². The fraction of sp³-hybridized carbons (Fsp3) is 0.579. The van der Waals surface area contributed by atoms with Crippen LogP contribution in [0.1, 0.15) is 50.8 Å². The van der Waals surface area contributed by atoms with Gasteiger partial charge in [0.15, 0.2) is 0 Å². The van der Waals surface area contributed by atoms with Gasteiger partial charge in [-0.05, 0) is 43.4 Å². The number of carbonyl (C=O) groups is 2. The Kier molecular flexibility index (Phi) is 8.31. The van der Waals surface area contributed by atoms with Gasteiger partial charge in [0.2, 0.25) is 11.8 Å². The maximum Gasteiger partial charge on any atom is 0.416 e. The Labute approximate surface area is 169 Å². The van der Waals surface area contributed by atoms with Gasteiger partial charge in [-0.25, -0.2) is 0 Å². The molecule has 9 heteroatoms. The summed E-state index contributed by atoms with van der Waals surface area (Å²) in [7, 11) is 0. The van der Waals surface area contributed by atoms with Crippen molar-refractivity contribution in [1.29, 1.82) is 0 Å². The monoisotopic (exact) mass is 421 g/mol. The Bertz CT molecular complexity index is 693. The number of nitrogens with two attached hydrogens (primary N) is 1. The number of rotatable bonds is 7. The molecule has 2 rings (SSSR count). The maximum atomic E-state index is 13.0. The van der Waals surface area contributed by atoms with E-state index in [0.29, 0.717) is 5.56 Å². The van der Waals surface area contributed by atoms with Crippen molar-refractivity contribution in [3.05, 3.63) is 35.4 Å². The van der Waals surface area contributed by atoms with E-state index in [4.69, 9.17) is 5.73 Å². The molecule has 0 saturated heterocycles. The summed E-state index contributed by atoms with van der Waals surface area (Å²) in [5.74, 6) is -0.809. The van der Waals surface area contributed by atoms with Crippen molar-refractivity contribution in [2.45, 2.75) is 57.9 Å². The van der Waals surface area contributed by atoms with Crippen LogP contribution < -0.4 is 11.1 Å². The zero-order valence-corrected chi connectivity index (χ0v) is 16.9. The standard InChI is InChI=1S/C19H26F3N3O2.ClH/c1-11(2)17(23)18(27)24-10-16(26)25(15-7-8-15)12(3)13-5-4-6-14(9-13)19(20,21)22;/h4-6,9,11-12,15,17H,7-8,10,23H2,1-3H3,(H,24,27);1H/t12?,17-;/m0./s1. The van der Waals surface area contributed by atoms with Crippen molar-refractivity contribution in [2.75, 3.05) is 6.54 Å². The summed E-state index contributed by atoms with van der Waals surface area (Å²) in [6.45, 7) is 5.09. The van der Waals surface area contributed by atoms with Crippen molar-refractivity contribution < 1.29 is 22.8 Å². The number of nitrogens with one attached hydrogen (secondary N) is 1. The molecular formula is C19H27ClF3N3O2. The Morgan fingerprint density at radius 3 is 2.36 bits per heavy atom. The van der Waals surface area contributed by atoms with Crippen LogP contribution in [0.3, 0.4) is 0 Å². The first-order chi connectivity index (χ1) is 12.5. The Hall–Kier alpha value is -1.80. The lowest BCUT2D eigenvalue weighted by atomic mass is 10.0. The second-order valence-electron chi connectivity index (χ2n) is 7.32. The van der Waals surface area contributed by atoms with E-state index in [1.807, 2.05) is 0 Å². The molecule has 1 unspecified atom stereocenters. The molecule has 0 aliphatic heterocycles. The molecular weight excluding hydrogens is 395 g/mol. The highest BCUT2D eigenvalue weighted by molar-refractivity contribution is 5.87. The fourth-order valence-electron chi connectivity index (χ4n) is 2.90. The number of alkyl halides is 3. The van der Waals surface area contributed by atoms with E-state index < -0.39 is 29.7 Å². The number of halogens is 4. The summed E-state index contributed by atoms with van der Waals surface area (Å²) in [4.78, 5) is 26.2. The van der Waals surface area contributed by atoms with Crippen LogP contribution in [0, 0.1) is 5.92 Å². The molecule has 0 spiro atoms. The van der Waals surface area contributed by atoms with Gasteiger partial charge < -0.3 is 16.0 Å². The fourth-order valence-corrected chi connectivity index (χ4v) is 2.90. The van der Waals surface area contributed by atoms with Crippen molar-refractivity contribution in [3.8, 4) is 0 Å². The Balaban J connectivity index is 0.00000392. The van der Waals surface area contributed by atoms with Gasteiger partial charge in [-0.15, -0.1) is 12.4 Å². The van der Waals surface area contributed by atoms with E-state index in [-0.39, 0.29) is 36.8 Å². The molecule has 1 aromatic rings. The molecule has 1 aromatic carbocycles. The maximum absolute atomic E-state index is 13.0. The van der Waals surface area contributed by atoms with E-state index >= 15 is 0 Å². The summed E-state index contributed by atoms with van der Waals surface area (Å²) in [6.07, 6.45) is -2.84. The summed E-state index contributed by atoms with van der Waals surface area (Å²) < 4.78 is 38.9. The van der Waals surface area contributed by atoms with E-state index in [0.717, 1.165) is 25.0 Å². The quantitative estimate of drug-likeness (QED) is 0.709. The zero-order chi connectivity index (χ0) is 20.4. The number of hydrogen-bond donors (Lipinski definition) is 2.